The first-order valence-electron chi connectivity index (χ1n) is 6.44. The van der Waals surface area contributed by atoms with E-state index in [1.165, 1.54) is 11.3 Å². The molecule has 1 N–H and O–H groups in total. The van der Waals surface area contributed by atoms with Gasteiger partial charge in [-0.15, -0.1) is 11.3 Å². The van der Waals surface area contributed by atoms with Gasteiger partial charge in [-0.3, -0.25) is 9.78 Å². The van der Waals surface area contributed by atoms with Gasteiger partial charge in [0.2, 0.25) is 0 Å². The molecule has 3 aromatic rings. The van der Waals surface area contributed by atoms with Crippen LogP contribution in [0.25, 0.3) is 10.1 Å². The Balaban J connectivity index is 1.79. The molecule has 0 unspecified atom stereocenters. The van der Waals surface area contributed by atoms with Gasteiger partial charge in [-0.2, -0.15) is 0 Å². The largest absolute Gasteiger partial charge is 0.343 e. The van der Waals surface area contributed by atoms with Crippen LogP contribution >= 0.6 is 11.3 Å². The molecule has 2 aromatic heterocycles. The van der Waals surface area contributed by atoms with E-state index >= 15 is 0 Å². The molecule has 0 aliphatic carbocycles. The molecule has 0 aliphatic heterocycles. The van der Waals surface area contributed by atoms with Crippen molar-refractivity contribution < 1.29 is 4.79 Å². The van der Waals surface area contributed by atoms with Gasteiger partial charge in [-0.1, -0.05) is 24.3 Å². The average molecular weight is 282 g/mol. The van der Waals surface area contributed by atoms with Gasteiger partial charge in [0, 0.05) is 10.9 Å². The smallest absolute Gasteiger partial charge is 0.261 e. The third-order valence-electron chi connectivity index (χ3n) is 3.13. The zero-order valence-electron chi connectivity index (χ0n) is 11.0. The number of hydrogen-bond donors (Lipinski definition) is 1. The summed E-state index contributed by atoms with van der Waals surface area (Å²) in [6, 6.07) is 15.5. The molecule has 0 fully saturated rings. The van der Waals surface area contributed by atoms with Gasteiger partial charge in [-0.25, -0.2) is 0 Å². The van der Waals surface area contributed by atoms with Crippen molar-refractivity contribution in [3.05, 3.63) is 65.3 Å². The molecule has 0 spiro atoms. The number of pyridine rings is 1. The fraction of sp³-hybridized carbons (Fsp3) is 0.125. The van der Waals surface area contributed by atoms with Crippen molar-refractivity contribution in [2.45, 2.75) is 13.0 Å². The van der Waals surface area contributed by atoms with Crippen LogP contribution in [0.3, 0.4) is 0 Å². The van der Waals surface area contributed by atoms with E-state index in [-0.39, 0.29) is 11.9 Å². The Hall–Kier alpha value is -2.20. The molecular formula is C16H14N2OS. The lowest BCUT2D eigenvalue weighted by Crippen LogP contribution is -2.26. The van der Waals surface area contributed by atoms with E-state index in [2.05, 4.69) is 10.3 Å². The predicted molar refractivity (Wildman–Crippen MR) is 81.9 cm³/mol. The highest BCUT2D eigenvalue weighted by Crippen LogP contribution is 2.25. The van der Waals surface area contributed by atoms with Gasteiger partial charge in [0.05, 0.1) is 16.6 Å². The maximum atomic E-state index is 12.3. The molecule has 4 heteroatoms. The summed E-state index contributed by atoms with van der Waals surface area (Å²) in [4.78, 5) is 17.3. The third kappa shape index (κ3) is 2.56. The highest BCUT2D eigenvalue weighted by atomic mass is 32.1. The van der Waals surface area contributed by atoms with Crippen LogP contribution in [0.4, 0.5) is 0 Å². The lowest BCUT2D eigenvalue weighted by molar-refractivity contribution is 0.0943. The zero-order chi connectivity index (χ0) is 13.9. The van der Waals surface area contributed by atoms with Crippen LogP contribution in [0, 0.1) is 0 Å². The summed E-state index contributed by atoms with van der Waals surface area (Å²) < 4.78 is 1.13. The molecule has 0 saturated heterocycles. The van der Waals surface area contributed by atoms with E-state index in [4.69, 9.17) is 0 Å². The van der Waals surface area contributed by atoms with Crippen LogP contribution in [-0.2, 0) is 0 Å². The Labute approximate surface area is 121 Å². The van der Waals surface area contributed by atoms with Gasteiger partial charge in [-0.05, 0) is 36.6 Å². The molecule has 1 amide bonds. The van der Waals surface area contributed by atoms with Crippen molar-refractivity contribution in [2.75, 3.05) is 0 Å². The Morgan fingerprint density at radius 1 is 1.20 bits per heavy atom. The van der Waals surface area contributed by atoms with Gasteiger partial charge in [0.25, 0.3) is 5.91 Å². The Kier molecular flexibility index (Phi) is 3.48. The predicted octanol–water partition coefficient (Wildman–Crippen LogP) is 3.79. The first-order chi connectivity index (χ1) is 9.74. The summed E-state index contributed by atoms with van der Waals surface area (Å²) in [7, 11) is 0. The van der Waals surface area contributed by atoms with Crippen molar-refractivity contribution >= 4 is 27.3 Å². The molecule has 3 rings (SSSR count). The maximum Gasteiger partial charge on any atom is 0.261 e. The number of rotatable bonds is 3. The van der Waals surface area contributed by atoms with Crippen LogP contribution in [-0.4, -0.2) is 10.9 Å². The minimum absolute atomic E-state index is 0.0515. The van der Waals surface area contributed by atoms with E-state index in [0.29, 0.717) is 0 Å². The molecule has 20 heavy (non-hydrogen) atoms. The second-order valence-corrected chi connectivity index (χ2v) is 5.68. The molecule has 0 aliphatic rings. The first kappa shape index (κ1) is 12.8. The van der Waals surface area contributed by atoms with Crippen LogP contribution in [0.1, 0.15) is 28.3 Å². The van der Waals surface area contributed by atoms with E-state index in [9.17, 15) is 4.79 Å². The van der Waals surface area contributed by atoms with E-state index < -0.39 is 0 Å². The van der Waals surface area contributed by atoms with Crippen LogP contribution in [0.2, 0.25) is 0 Å². The fourth-order valence-corrected chi connectivity index (χ4v) is 3.03. The van der Waals surface area contributed by atoms with Crippen molar-refractivity contribution in [1.82, 2.24) is 10.3 Å². The molecule has 0 radical (unpaired) electrons. The molecule has 100 valence electrons. The standard InChI is InChI=1S/C16H14N2OS/c1-11(13-7-4-5-9-17-13)18-16(19)15-10-12-6-2-3-8-14(12)20-15/h2-11H,1H3,(H,18,19)/t11-/m1/s1. The third-order valence-corrected chi connectivity index (χ3v) is 4.24. The minimum atomic E-state index is -0.103. The number of aromatic nitrogens is 1. The molecule has 1 atom stereocenters. The quantitative estimate of drug-likeness (QED) is 0.794. The minimum Gasteiger partial charge on any atom is -0.343 e. The van der Waals surface area contributed by atoms with E-state index in [1.807, 2.05) is 55.5 Å². The lowest BCUT2D eigenvalue weighted by Gasteiger charge is -2.12. The molecule has 0 saturated carbocycles. The summed E-state index contributed by atoms with van der Waals surface area (Å²) in [5, 5.41) is 4.09. The number of nitrogens with zero attached hydrogens (tertiary/aromatic N) is 1. The number of fused-ring (bicyclic) bond motifs is 1. The fourth-order valence-electron chi connectivity index (χ4n) is 2.07. The highest BCUT2D eigenvalue weighted by molar-refractivity contribution is 7.20. The summed E-state index contributed by atoms with van der Waals surface area (Å²) in [5.41, 5.74) is 0.863. The molecular weight excluding hydrogens is 268 g/mol. The maximum absolute atomic E-state index is 12.3. The Morgan fingerprint density at radius 2 is 2.00 bits per heavy atom. The summed E-state index contributed by atoms with van der Waals surface area (Å²) in [6.45, 7) is 1.94. The number of hydrogen-bond acceptors (Lipinski definition) is 3. The molecule has 3 nitrogen and oxygen atoms in total. The number of carbonyl (C=O) groups is 1. The molecule has 2 heterocycles. The van der Waals surface area contributed by atoms with Crippen LogP contribution in [0.5, 0.6) is 0 Å². The van der Waals surface area contributed by atoms with Crippen molar-refractivity contribution in [3.8, 4) is 0 Å². The summed E-state index contributed by atoms with van der Waals surface area (Å²) in [5.74, 6) is -0.0515. The van der Waals surface area contributed by atoms with Crippen molar-refractivity contribution in [2.24, 2.45) is 0 Å². The Morgan fingerprint density at radius 3 is 2.75 bits per heavy atom. The monoisotopic (exact) mass is 282 g/mol. The highest BCUT2D eigenvalue weighted by Gasteiger charge is 2.14. The lowest BCUT2D eigenvalue weighted by atomic mass is 10.2. The van der Waals surface area contributed by atoms with Gasteiger partial charge >= 0.3 is 0 Å². The van der Waals surface area contributed by atoms with Crippen molar-refractivity contribution in [1.29, 1.82) is 0 Å². The number of thiophene rings is 1. The summed E-state index contributed by atoms with van der Waals surface area (Å²) in [6.07, 6.45) is 1.73. The Bertz CT molecular complexity index is 703. The van der Waals surface area contributed by atoms with E-state index in [1.54, 1.807) is 6.20 Å². The topological polar surface area (TPSA) is 42.0 Å². The molecule has 0 bridgehead atoms. The number of nitrogens with one attached hydrogen (secondary N) is 1. The van der Waals surface area contributed by atoms with Crippen LogP contribution < -0.4 is 5.32 Å². The second-order valence-electron chi connectivity index (χ2n) is 4.60. The number of amides is 1. The van der Waals surface area contributed by atoms with Crippen molar-refractivity contribution in [3.63, 3.8) is 0 Å². The number of benzene rings is 1. The van der Waals surface area contributed by atoms with Gasteiger partial charge in [0.15, 0.2) is 0 Å². The SMILES string of the molecule is C[C@@H](NC(=O)c1cc2ccccc2s1)c1ccccn1. The zero-order valence-corrected chi connectivity index (χ0v) is 11.9. The summed E-state index contributed by atoms with van der Waals surface area (Å²) >= 11 is 1.51. The average Bonchev–Trinajstić information content (AvgIpc) is 2.92. The van der Waals surface area contributed by atoms with E-state index in [0.717, 1.165) is 20.7 Å². The van der Waals surface area contributed by atoms with Crippen LogP contribution in [0.15, 0.2) is 54.7 Å². The number of carbonyl (C=O) groups excluding carboxylic acids is 1. The van der Waals surface area contributed by atoms with Gasteiger partial charge in [0.1, 0.15) is 0 Å². The van der Waals surface area contributed by atoms with Gasteiger partial charge < -0.3 is 5.32 Å². The normalized spacial score (nSPS) is 12.2. The first-order valence-corrected chi connectivity index (χ1v) is 7.26. The molecule has 1 aromatic carbocycles. The second kappa shape index (κ2) is 5.43.